The molecule has 2 fully saturated rings. The third kappa shape index (κ3) is 2.10. The molecule has 1 aromatic rings. The molecule has 3 atom stereocenters. The van der Waals surface area contributed by atoms with Crippen molar-refractivity contribution in [1.82, 2.24) is 0 Å². The first-order chi connectivity index (χ1) is 9.75. The lowest BCUT2D eigenvalue weighted by Gasteiger charge is -2.38. The van der Waals surface area contributed by atoms with Crippen LogP contribution >= 0.6 is 15.9 Å². The number of benzene rings is 1. The average molecular weight is 352 g/mol. The molecule has 2 bridgehead atoms. The monoisotopic (exact) mass is 351 g/mol. The van der Waals surface area contributed by atoms with Crippen LogP contribution in [0.15, 0.2) is 22.7 Å². The van der Waals surface area contributed by atoms with Gasteiger partial charge in [0.15, 0.2) is 0 Å². The Morgan fingerprint density at radius 2 is 2.10 bits per heavy atom. The van der Waals surface area contributed by atoms with Crippen LogP contribution in [0, 0.1) is 16.7 Å². The van der Waals surface area contributed by atoms with Crippen molar-refractivity contribution in [3.63, 3.8) is 0 Å². The van der Waals surface area contributed by atoms with E-state index >= 15 is 0 Å². The number of anilines is 1. The van der Waals surface area contributed by atoms with E-state index in [9.17, 15) is 4.79 Å². The molecule has 1 aromatic carbocycles. The maximum atomic E-state index is 12.5. The Balaban J connectivity index is 1.82. The maximum absolute atomic E-state index is 12.5. The molecular formula is C17H22BrNO2. The van der Waals surface area contributed by atoms with E-state index in [1.54, 1.807) is 18.2 Å². The first-order valence-electron chi connectivity index (χ1n) is 7.52. The van der Waals surface area contributed by atoms with Gasteiger partial charge in [0.25, 0.3) is 0 Å². The number of carbonyl (C=O) groups is 1. The minimum atomic E-state index is -0.274. The molecule has 0 aliphatic heterocycles. The zero-order valence-electron chi connectivity index (χ0n) is 12.8. The summed E-state index contributed by atoms with van der Waals surface area (Å²) < 4.78 is 6.61. The summed E-state index contributed by atoms with van der Waals surface area (Å²) in [4.78, 5) is 12.5. The van der Waals surface area contributed by atoms with Crippen molar-refractivity contribution < 1.29 is 9.53 Å². The number of esters is 1. The molecule has 3 nitrogen and oxygen atoms in total. The van der Waals surface area contributed by atoms with E-state index in [0.717, 1.165) is 17.3 Å². The molecule has 2 saturated carbocycles. The summed E-state index contributed by atoms with van der Waals surface area (Å²) in [5.74, 6) is 0.383. The van der Waals surface area contributed by atoms with Gasteiger partial charge in [0, 0.05) is 15.6 Å². The summed E-state index contributed by atoms with van der Waals surface area (Å²) >= 11 is 3.40. The lowest BCUT2D eigenvalue weighted by molar-refractivity contribution is -0.0243. The Morgan fingerprint density at radius 3 is 2.67 bits per heavy atom. The SMILES string of the molecule is CC1(C)C2CCC1(C)C(OC(=O)c1cc(N)ccc1Br)C2. The van der Waals surface area contributed by atoms with Gasteiger partial charge in [-0.25, -0.2) is 4.79 Å². The Morgan fingerprint density at radius 1 is 1.38 bits per heavy atom. The molecule has 3 rings (SSSR count). The number of fused-ring (bicyclic) bond motifs is 2. The summed E-state index contributed by atoms with van der Waals surface area (Å²) in [5, 5.41) is 0. The van der Waals surface area contributed by atoms with Gasteiger partial charge in [0.05, 0.1) is 5.56 Å². The Kier molecular flexibility index (Phi) is 3.36. The van der Waals surface area contributed by atoms with Crippen LogP contribution in [-0.2, 0) is 4.74 Å². The van der Waals surface area contributed by atoms with Gasteiger partial charge in [-0.2, -0.15) is 0 Å². The fourth-order valence-corrected chi connectivity index (χ4v) is 4.61. The first-order valence-corrected chi connectivity index (χ1v) is 8.31. The van der Waals surface area contributed by atoms with Gasteiger partial charge in [-0.05, 0) is 64.7 Å². The second kappa shape index (κ2) is 4.73. The van der Waals surface area contributed by atoms with Crippen LogP contribution in [0.5, 0.6) is 0 Å². The standard InChI is InChI=1S/C17H22BrNO2/c1-16(2)10-6-7-17(16,3)14(8-10)21-15(20)12-9-11(19)4-5-13(12)18/h4-5,9-10,14H,6-8,19H2,1-3H3. The summed E-state index contributed by atoms with van der Waals surface area (Å²) in [6, 6.07) is 5.23. The quantitative estimate of drug-likeness (QED) is 0.634. The topological polar surface area (TPSA) is 52.3 Å². The number of hydrogen-bond acceptors (Lipinski definition) is 3. The van der Waals surface area contributed by atoms with E-state index in [1.807, 2.05) is 0 Å². The molecule has 0 radical (unpaired) electrons. The number of ether oxygens (including phenoxy) is 1. The van der Waals surface area contributed by atoms with E-state index in [1.165, 1.54) is 6.42 Å². The van der Waals surface area contributed by atoms with Crippen molar-refractivity contribution in [2.75, 3.05) is 5.73 Å². The fraction of sp³-hybridized carbons (Fsp3) is 0.588. The van der Waals surface area contributed by atoms with Crippen molar-refractivity contribution in [3.8, 4) is 0 Å². The van der Waals surface area contributed by atoms with Gasteiger partial charge in [0.1, 0.15) is 6.10 Å². The lowest BCUT2D eigenvalue weighted by Crippen LogP contribution is -2.38. The number of nitrogens with two attached hydrogens (primary N) is 1. The van der Waals surface area contributed by atoms with E-state index < -0.39 is 0 Å². The summed E-state index contributed by atoms with van der Waals surface area (Å²) in [5.41, 5.74) is 7.19. The molecule has 21 heavy (non-hydrogen) atoms. The van der Waals surface area contributed by atoms with Gasteiger partial charge in [0.2, 0.25) is 0 Å². The van der Waals surface area contributed by atoms with Crippen LogP contribution in [0.2, 0.25) is 0 Å². The van der Waals surface area contributed by atoms with Crippen LogP contribution in [-0.4, -0.2) is 12.1 Å². The molecule has 4 heteroatoms. The van der Waals surface area contributed by atoms with Crippen molar-refractivity contribution >= 4 is 27.6 Å². The number of hydrogen-bond donors (Lipinski definition) is 1. The van der Waals surface area contributed by atoms with Gasteiger partial charge in [-0.1, -0.05) is 20.8 Å². The van der Waals surface area contributed by atoms with Gasteiger partial charge >= 0.3 is 5.97 Å². The van der Waals surface area contributed by atoms with Gasteiger partial charge in [-0.15, -0.1) is 0 Å². The number of nitrogen functional groups attached to an aromatic ring is 1. The number of halogens is 1. The maximum Gasteiger partial charge on any atom is 0.339 e. The number of carbonyl (C=O) groups excluding carboxylic acids is 1. The average Bonchev–Trinajstić information content (AvgIpc) is 2.74. The second-order valence-corrected chi connectivity index (χ2v) is 8.10. The van der Waals surface area contributed by atoms with Crippen LogP contribution in [0.1, 0.15) is 50.4 Å². The first kappa shape index (κ1) is 14.9. The fourth-order valence-electron chi connectivity index (χ4n) is 4.20. The molecule has 2 aliphatic carbocycles. The molecule has 0 saturated heterocycles. The largest absolute Gasteiger partial charge is 0.458 e. The Bertz CT molecular complexity index is 598. The van der Waals surface area contributed by atoms with Crippen LogP contribution in [0.4, 0.5) is 5.69 Å². The zero-order valence-corrected chi connectivity index (χ0v) is 14.4. The highest BCUT2D eigenvalue weighted by atomic mass is 79.9. The Labute approximate surface area is 134 Å². The summed E-state index contributed by atoms with van der Waals surface area (Å²) in [6.07, 6.45) is 3.38. The highest BCUT2D eigenvalue weighted by Gasteiger charge is 2.62. The predicted octanol–water partition coefficient (Wildman–Crippen LogP) is 4.40. The smallest absolute Gasteiger partial charge is 0.339 e. The molecule has 0 heterocycles. The number of rotatable bonds is 2. The third-order valence-corrected chi connectivity index (χ3v) is 6.87. The van der Waals surface area contributed by atoms with Gasteiger partial charge < -0.3 is 10.5 Å². The van der Waals surface area contributed by atoms with Crippen molar-refractivity contribution in [2.24, 2.45) is 16.7 Å². The van der Waals surface area contributed by atoms with Crippen molar-refractivity contribution in [3.05, 3.63) is 28.2 Å². The third-order valence-electron chi connectivity index (χ3n) is 6.17. The van der Waals surface area contributed by atoms with E-state index in [0.29, 0.717) is 17.2 Å². The molecule has 2 aliphatic rings. The molecule has 0 aromatic heterocycles. The predicted molar refractivity (Wildman–Crippen MR) is 87.0 cm³/mol. The molecular weight excluding hydrogens is 330 g/mol. The van der Waals surface area contributed by atoms with E-state index in [4.69, 9.17) is 10.5 Å². The zero-order chi connectivity index (χ0) is 15.4. The van der Waals surface area contributed by atoms with Crippen LogP contribution in [0.25, 0.3) is 0 Å². The van der Waals surface area contributed by atoms with Crippen molar-refractivity contribution in [2.45, 2.75) is 46.1 Å². The molecule has 114 valence electrons. The highest BCUT2D eigenvalue weighted by molar-refractivity contribution is 9.10. The summed E-state index contributed by atoms with van der Waals surface area (Å²) in [7, 11) is 0. The molecule has 0 spiro atoms. The van der Waals surface area contributed by atoms with E-state index in [2.05, 4.69) is 36.7 Å². The highest BCUT2D eigenvalue weighted by Crippen LogP contribution is 2.66. The molecule has 3 unspecified atom stereocenters. The minimum absolute atomic E-state index is 0.00656. The lowest BCUT2D eigenvalue weighted by atomic mass is 9.70. The van der Waals surface area contributed by atoms with E-state index in [-0.39, 0.29) is 22.9 Å². The minimum Gasteiger partial charge on any atom is -0.458 e. The van der Waals surface area contributed by atoms with Gasteiger partial charge in [-0.3, -0.25) is 0 Å². The van der Waals surface area contributed by atoms with Crippen LogP contribution < -0.4 is 5.73 Å². The van der Waals surface area contributed by atoms with Crippen LogP contribution in [0.3, 0.4) is 0 Å². The summed E-state index contributed by atoms with van der Waals surface area (Å²) in [6.45, 7) is 6.90. The molecule has 0 amide bonds. The molecule has 2 N–H and O–H groups in total. The van der Waals surface area contributed by atoms with Crippen molar-refractivity contribution in [1.29, 1.82) is 0 Å². The normalized spacial score (nSPS) is 33.1. The Hall–Kier alpha value is -1.03. The second-order valence-electron chi connectivity index (χ2n) is 7.24.